The standard InChI is InChI=1S/C19H16BrNO2/c20-16-7-2-1-4-14(16)18-13-6-3-5-12(13)15-10-11(19(22)23)8-9-17(15)21-18/h1-5,7-10,12-13,18,21H,6H2,(H,22,23)/t12-,13+,18+/m1/s1. The molecular weight excluding hydrogens is 354 g/mol. The minimum absolute atomic E-state index is 0.216. The predicted molar refractivity (Wildman–Crippen MR) is 93.9 cm³/mol. The molecule has 3 nitrogen and oxygen atoms in total. The predicted octanol–water partition coefficient (Wildman–Crippen LogP) is 4.97. The molecule has 1 heterocycles. The Hall–Kier alpha value is -2.07. The number of nitrogens with one attached hydrogen (secondary N) is 1. The molecule has 2 aliphatic rings. The van der Waals surface area contributed by atoms with Gasteiger partial charge in [-0.1, -0.05) is 46.3 Å². The number of benzene rings is 2. The SMILES string of the molecule is O=C(O)c1ccc2c(c1)[C@@H]1C=CC[C@@H]1[C@@H](c1ccccc1Br)N2. The first-order valence-corrected chi connectivity index (χ1v) is 8.49. The highest BCUT2D eigenvalue weighted by atomic mass is 79.9. The molecule has 0 fully saturated rings. The molecule has 2 aromatic rings. The van der Waals surface area contributed by atoms with Crippen LogP contribution in [0.5, 0.6) is 0 Å². The maximum absolute atomic E-state index is 11.3. The third-order valence-electron chi connectivity index (χ3n) is 4.85. The minimum atomic E-state index is -0.876. The zero-order valence-corrected chi connectivity index (χ0v) is 14.0. The Balaban J connectivity index is 1.81. The second-order valence-corrected chi connectivity index (χ2v) is 6.96. The first-order chi connectivity index (χ1) is 11.1. The van der Waals surface area contributed by atoms with Gasteiger partial charge in [0.25, 0.3) is 0 Å². The van der Waals surface area contributed by atoms with Gasteiger partial charge in [0.15, 0.2) is 0 Å². The normalized spacial score (nSPS) is 24.7. The van der Waals surface area contributed by atoms with Gasteiger partial charge in [0.1, 0.15) is 0 Å². The summed E-state index contributed by atoms with van der Waals surface area (Å²) in [6, 6.07) is 13.9. The maximum Gasteiger partial charge on any atom is 0.335 e. The van der Waals surface area contributed by atoms with Crippen LogP contribution in [0.1, 0.15) is 39.9 Å². The second-order valence-electron chi connectivity index (χ2n) is 6.10. The molecule has 3 atom stereocenters. The van der Waals surface area contributed by atoms with Crippen LogP contribution in [0.2, 0.25) is 0 Å². The van der Waals surface area contributed by atoms with E-state index in [-0.39, 0.29) is 12.0 Å². The molecule has 4 rings (SSSR count). The van der Waals surface area contributed by atoms with Crippen molar-refractivity contribution in [1.29, 1.82) is 0 Å². The van der Waals surface area contributed by atoms with Crippen LogP contribution in [-0.4, -0.2) is 11.1 Å². The summed E-state index contributed by atoms with van der Waals surface area (Å²) in [6.45, 7) is 0. The summed E-state index contributed by atoms with van der Waals surface area (Å²) in [5.41, 5.74) is 3.72. The molecule has 0 aromatic heterocycles. The number of allylic oxidation sites excluding steroid dienone is 2. The lowest BCUT2D eigenvalue weighted by Gasteiger charge is -2.38. The summed E-state index contributed by atoms with van der Waals surface area (Å²) < 4.78 is 1.11. The van der Waals surface area contributed by atoms with Crippen molar-refractivity contribution in [2.24, 2.45) is 5.92 Å². The fraction of sp³-hybridized carbons (Fsp3) is 0.211. The number of hydrogen-bond acceptors (Lipinski definition) is 2. The summed E-state index contributed by atoms with van der Waals surface area (Å²) >= 11 is 3.66. The quantitative estimate of drug-likeness (QED) is 0.734. The van der Waals surface area contributed by atoms with Crippen LogP contribution in [0.3, 0.4) is 0 Å². The molecule has 0 saturated carbocycles. The van der Waals surface area contributed by atoms with Gasteiger partial charge in [-0.25, -0.2) is 4.79 Å². The molecule has 2 N–H and O–H groups in total. The fourth-order valence-corrected chi connectivity index (χ4v) is 4.29. The molecule has 0 saturated heterocycles. The lowest BCUT2D eigenvalue weighted by atomic mass is 9.76. The van der Waals surface area contributed by atoms with E-state index in [2.05, 4.69) is 51.6 Å². The molecule has 0 bridgehead atoms. The number of hydrogen-bond donors (Lipinski definition) is 2. The van der Waals surface area contributed by atoms with E-state index < -0.39 is 5.97 Å². The minimum Gasteiger partial charge on any atom is -0.478 e. The van der Waals surface area contributed by atoms with E-state index >= 15 is 0 Å². The highest BCUT2D eigenvalue weighted by Gasteiger charge is 2.38. The van der Waals surface area contributed by atoms with E-state index in [1.807, 2.05) is 18.2 Å². The number of carboxylic acids is 1. The third kappa shape index (κ3) is 2.38. The topological polar surface area (TPSA) is 49.3 Å². The summed E-state index contributed by atoms with van der Waals surface area (Å²) in [6.07, 6.45) is 5.43. The van der Waals surface area contributed by atoms with Crippen molar-refractivity contribution >= 4 is 27.6 Å². The van der Waals surface area contributed by atoms with E-state index in [1.54, 1.807) is 6.07 Å². The Kier molecular flexibility index (Phi) is 3.49. The van der Waals surface area contributed by atoms with Gasteiger partial charge in [-0.05, 0) is 47.7 Å². The number of fused-ring (bicyclic) bond motifs is 3. The molecule has 116 valence electrons. The summed E-state index contributed by atoms with van der Waals surface area (Å²) in [7, 11) is 0. The van der Waals surface area contributed by atoms with Crippen molar-refractivity contribution in [2.45, 2.75) is 18.4 Å². The molecule has 0 amide bonds. The second kappa shape index (κ2) is 5.53. The highest BCUT2D eigenvalue weighted by Crippen LogP contribution is 2.50. The monoisotopic (exact) mass is 369 g/mol. The molecule has 1 aliphatic carbocycles. The van der Waals surface area contributed by atoms with E-state index in [4.69, 9.17) is 0 Å². The molecular formula is C19H16BrNO2. The molecule has 2 aromatic carbocycles. The van der Waals surface area contributed by atoms with Gasteiger partial charge in [-0.2, -0.15) is 0 Å². The average Bonchev–Trinajstić information content (AvgIpc) is 3.04. The van der Waals surface area contributed by atoms with Gasteiger partial charge < -0.3 is 10.4 Å². The fourth-order valence-electron chi connectivity index (χ4n) is 3.76. The van der Waals surface area contributed by atoms with Crippen molar-refractivity contribution in [3.8, 4) is 0 Å². The average molecular weight is 370 g/mol. The summed E-state index contributed by atoms with van der Waals surface area (Å²) in [4.78, 5) is 11.3. The lowest BCUT2D eigenvalue weighted by molar-refractivity contribution is 0.0696. The van der Waals surface area contributed by atoms with Gasteiger partial charge in [0.2, 0.25) is 0 Å². The Labute approximate surface area is 143 Å². The van der Waals surface area contributed by atoms with Crippen LogP contribution in [0, 0.1) is 5.92 Å². The zero-order chi connectivity index (χ0) is 16.0. The smallest absolute Gasteiger partial charge is 0.335 e. The van der Waals surface area contributed by atoms with Crippen LogP contribution in [0.4, 0.5) is 5.69 Å². The van der Waals surface area contributed by atoms with Crippen molar-refractivity contribution < 1.29 is 9.90 Å². The number of rotatable bonds is 2. The van der Waals surface area contributed by atoms with Crippen LogP contribution < -0.4 is 5.32 Å². The van der Waals surface area contributed by atoms with Crippen molar-refractivity contribution in [1.82, 2.24) is 0 Å². The third-order valence-corrected chi connectivity index (χ3v) is 5.57. The Morgan fingerprint density at radius 1 is 1.17 bits per heavy atom. The van der Waals surface area contributed by atoms with Crippen LogP contribution in [0.25, 0.3) is 0 Å². The molecule has 4 heteroatoms. The van der Waals surface area contributed by atoms with Gasteiger partial charge in [-0.3, -0.25) is 0 Å². The van der Waals surface area contributed by atoms with E-state index in [1.165, 1.54) is 5.56 Å². The van der Waals surface area contributed by atoms with Gasteiger partial charge in [0.05, 0.1) is 11.6 Å². The van der Waals surface area contributed by atoms with Gasteiger partial charge >= 0.3 is 5.97 Å². The van der Waals surface area contributed by atoms with Gasteiger partial charge in [0, 0.05) is 16.1 Å². The summed E-state index contributed by atoms with van der Waals surface area (Å²) in [5.74, 6) is -0.202. The van der Waals surface area contributed by atoms with Crippen LogP contribution in [-0.2, 0) is 0 Å². The Morgan fingerprint density at radius 3 is 2.78 bits per heavy atom. The maximum atomic E-state index is 11.3. The molecule has 0 radical (unpaired) electrons. The van der Waals surface area contributed by atoms with Crippen LogP contribution >= 0.6 is 15.9 Å². The molecule has 1 aliphatic heterocycles. The number of halogens is 1. The highest BCUT2D eigenvalue weighted by molar-refractivity contribution is 9.10. The van der Waals surface area contributed by atoms with E-state index in [9.17, 15) is 9.90 Å². The Bertz CT molecular complexity index is 815. The lowest BCUT2D eigenvalue weighted by Crippen LogP contribution is -2.29. The zero-order valence-electron chi connectivity index (χ0n) is 12.4. The number of carboxylic acid groups (broad SMARTS) is 1. The molecule has 0 spiro atoms. The van der Waals surface area contributed by atoms with E-state index in [0.29, 0.717) is 11.5 Å². The number of aromatic carboxylic acids is 1. The number of carbonyl (C=O) groups is 1. The molecule has 0 unspecified atom stereocenters. The van der Waals surface area contributed by atoms with Crippen LogP contribution in [0.15, 0.2) is 59.1 Å². The van der Waals surface area contributed by atoms with Crippen molar-refractivity contribution in [3.63, 3.8) is 0 Å². The first kappa shape index (κ1) is 14.5. The Morgan fingerprint density at radius 2 is 2.00 bits per heavy atom. The largest absolute Gasteiger partial charge is 0.478 e. The van der Waals surface area contributed by atoms with Crippen molar-refractivity contribution in [3.05, 3.63) is 75.8 Å². The van der Waals surface area contributed by atoms with Gasteiger partial charge in [-0.15, -0.1) is 0 Å². The van der Waals surface area contributed by atoms with Crippen molar-refractivity contribution in [2.75, 3.05) is 5.32 Å². The van der Waals surface area contributed by atoms with E-state index in [0.717, 1.165) is 22.1 Å². The molecule has 23 heavy (non-hydrogen) atoms. The summed E-state index contributed by atoms with van der Waals surface area (Å²) in [5, 5.41) is 12.9. The number of anilines is 1. The first-order valence-electron chi connectivity index (χ1n) is 7.70.